The van der Waals surface area contributed by atoms with Crippen molar-refractivity contribution in [1.82, 2.24) is 40.4 Å². The van der Waals surface area contributed by atoms with Gasteiger partial charge in [0.25, 0.3) is 5.91 Å². The molecule has 1 saturated carbocycles. The van der Waals surface area contributed by atoms with Crippen molar-refractivity contribution in [3.8, 4) is 11.4 Å². The van der Waals surface area contributed by atoms with Crippen LogP contribution in [0.3, 0.4) is 0 Å². The second-order valence-corrected chi connectivity index (χ2v) is 7.33. The Morgan fingerprint density at radius 3 is 2.83 bits per heavy atom. The van der Waals surface area contributed by atoms with Gasteiger partial charge in [0, 0.05) is 17.3 Å². The third kappa shape index (κ3) is 3.45. The van der Waals surface area contributed by atoms with Gasteiger partial charge >= 0.3 is 0 Å². The number of carbonyl (C=O) groups excluding carboxylic acids is 1. The molecule has 5 rings (SSSR count). The number of rotatable bonds is 6. The van der Waals surface area contributed by atoms with Crippen LogP contribution in [0, 0.1) is 13.8 Å². The van der Waals surface area contributed by atoms with E-state index in [1.807, 2.05) is 41.9 Å². The summed E-state index contributed by atoms with van der Waals surface area (Å²) in [6.45, 7) is 3.99. The van der Waals surface area contributed by atoms with Crippen LogP contribution in [0.4, 0.5) is 5.69 Å². The molecule has 0 atom stereocenters. The predicted octanol–water partition coefficient (Wildman–Crippen LogP) is 2.17. The second-order valence-electron chi connectivity index (χ2n) is 7.33. The van der Waals surface area contributed by atoms with E-state index in [-0.39, 0.29) is 11.6 Å². The fourth-order valence-corrected chi connectivity index (χ4v) is 3.23. The van der Waals surface area contributed by atoms with E-state index in [9.17, 15) is 4.79 Å². The van der Waals surface area contributed by atoms with Crippen LogP contribution >= 0.6 is 0 Å². The van der Waals surface area contributed by atoms with Crippen molar-refractivity contribution < 1.29 is 9.32 Å². The third-order valence-electron chi connectivity index (χ3n) is 4.94. The van der Waals surface area contributed by atoms with Crippen LogP contribution in [0.25, 0.3) is 11.4 Å². The Labute approximate surface area is 171 Å². The molecule has 11 nitrogen and oxygen atoms in total. The minimum atomic E-state index is -0.341. The Morgan fingerprint density at radius 1 is 1.20 bits per heavy atom. The number of benzene rings is 1. The van der Waals surface area contributed by atoms with E-state index >= 15 is 0 Å². The fourth-order valence-electron chi connectivity index (χ4n) is 3.23. The van der Waals surface area contributed by atoms with Gasteiger partial charge in [0.2, 0.25) is 0 Å². The Bertz CT molecular complexity index is 1220. The van der Waals surface area contributed by atoms with Crippen LogP contribution in [0.1, 0.15) is 46.5 Å². The molecular formula is C19H19N9O2. The highest BCUT2D eigenvalue weighted by molar-refractivity contribution is 6.03. The summed E-state index contributed by atoms with van der Waals surface area (Å²) in [5, 5.41) is 26.8. The van der Waals surface area contributed by atoms with Gasteiger partial charge in [0.05, 0.1) is 17.4 Å². The molecule has 0 unspecified atom stereocenters. The second kappa shape index (κ2) is 7.17. The van der Waals surface area contributed by atoms with Crippen LogP contribution in [0.5, 0.6) is 0 Å². The molecule has 1 aromatic carbocycles. The number of aryl methyl sites for hydroxylation is 1. The molecule has 3 heterocycles. The number of hydrogen-bond donors (Lipinski definition) is 1. The van der Waals surface area contributed by atoms with Crippen molar-refractivity contribution in [2.75, 3.05) is 5.32 Å². The van der Waals surface area contributed by atoms with E-state index in [0.717, 1.165) is 24.1 Å². The maximum absolute atomic E-state index is 12.8. The monoisotopic (exact) mass is 405 g/mol. The quantitative estimate of drug-likeness (QED) is 0.517. The largest absolute Gasteiger partial charge is 0.359 e. The predicted molar refractivity (Wildman–Crippen MR) is 105 cm³/mol. The van der Waals surface area contributed by atoms with Crippen molar-refractivity contribution in [1.29, 1.82) is 0 Å². The summed E-state index contributed by atoms with van der Waals surface area (Å²) < 4.78 is 8.65. The molecule has 1 N–H and O–H groups in total. The molecule has 1 amide bonds. The summed E-state index contributed by atoms with van der Waals surface area (Å²) in [6.07, 6.45) is 2.16. The molecule has 0 saturated heterocycles. The van der Waals surface area contributed by atoms with E-state index in [2.05, 4.69) is 36.3 Å². The van der Waals surface area contributed by atoms with E-state index in [1.165, 1.54) is 0 Å². The van der Waals surface area contributed by atoms with E-state index in [4.69, 9.17) is 4.52 Å². The number of anilines is 1. The molecule has 4 aromatic rings. The number of hydrogen-bond acceptors (Lipinski definition) is 8. The van der Waals surface area contributed by atoms with Gasteiger partial charge in [-0.1, -0.05) is 22.5 Å². The number of nitrogens with one attached hydrogen (secondary N) is 1. The van der Waals surface area contributed by atoms with Crippen molar-refractivity contribution in [2.24, 2.45) is 0 Å². The van der Waals surface area contributed by atoms with Gasteiger partial charge in [-0.2, -0.15) is 0 Å². The van der Waals surface area contributed by atoms with Crippen molar-refractivity contribution >= 4 is 11.6 Å². The maximum atomic E-state index is 12.8. The van der Waals surface area contributed by atoms with Crippen molar-refractivity contribution in [2.45, 2.75) is 39.3 Å². The van der Waals surface area contributed by atoms with Crippen LogP contribution in [0.15, 0.2) is 34.9 Å². The Kier molecular flexibility index (Phi) is 4.34. The maximum Gasteiger partial charge on any atom is 0.278 e. The average molecular weight is 405 g/mol. The highest BCUT2D eigenvalue weighted by Gasteiger charge is 2.28. The van der Waals surface area contributed by atoms with Crippen LogP contribution in [0.2, 0.25) is 0 Å². The number of nitrogens with zero attached hydrogens (tertiary/aromatic N) is 8. The van der Waals surface area contributed by atoms with Crippen molar-refractivity contribution in [3.05, 3.63) is 53.2 Å². The van der Waals surface area contributed by atoms with Gasteiger partial charge < -0.3 is 9.84 Å². The molecule has 30 heavy (non-hydrogen) atoms. The molecule has 1 aliphatic carbocycles. The topological polar surface area (TPSA) is 129 Å². The number of amides is 1. The lowest BCUT2D eigenvalue weighted by atomic mass is 10.2. The number of carbonyl (C=O) groups is 1. The summed E-state index contributed by atoms with van der Waals surface area (Å²) in [5.41, 5.74) is 3.14. The first-order valence-electron chi connectivity index (χ1n) is 9.60. The lowest BCUT2D eigenvalue weighted by Gasteiger charge is -2.07. The first-order valence-corrected chi connectivity index (χ1v) is 9.60. The standard InChI is InChI=1S/C19H19N9O2/c1-11-8-16(30-23-11)10-27-12(2)17(21-25-27)19(29)20-14-5-3-4-13(9-14)18-22-24-26-28(18)15-6-7-15/h3-5,8-9,15H,6-7,10H2,1-2H3,(H,20,29). The number of aromatic nitrogens is 8. The lowest BCUT2D eigenvalue weighted by Crippen LogP contribution is -2.14. The summed E-state index contributed by atoms with van der Waals surface area (Å²) in [5.74, 6) is 0.998. The Morgan fingerprint density at radius 2 is 2.07 bits per heavy atom. The molecule has 152 valence electrons. The normalized spacial score (nSPS) is 13.5. The van der Waals surface area contributed by atoms with E-state index < -0.39 is 0 Å². The highest BCUT2D eigenvalue weighted by Crippen LogP contribution is 2.36. The van der Waals surface area contributed by atoms with Crippen molar-refractivity contribution in [3.63, 3.8) is 0 Å². The molecule has 0 radical (unpaired) electrons. The zero-order valence-electron chi connectivity index (χ0n) is 16.5. The molecule has 11 heteroatoms. The van der Waals surface area contributed by atoms with Gasteiger partial charge in [-0.15, -0.1) is 10.2 Å². The SMILES string of the molecule is Cc1cc(Cn2nnc(C(=O)Nc3cccc(-c4nnnn4C4CC4)c3)c2C)on1. The van der Waals surface area contributed by atoms with E-state index in [0.29, 0.717) is 35.6 Å². The van der Waals surface area contributed by atoms with Crippen LogP contribution in [-0.2, 0) is 6.54 Å². The first kappa shape index (κ1) is 18.2. The first-order chi connectivity index (χ1) is 14.6. The summed E-state index contributed by atoms with van der Waals surface area (Å²) in [6, 6.07) is 9.61. The smallest absolute Gasteiger partial charge is 0.278 e. The molecular weight excluding hydrogens is 386 g/mol. The van der Waals surface area contributed by atoms with Crippen LogP contribution in [-0.4, -0.2) is 46.3 Å². The molecule has 0 spiro atoms. The summed E-state index contributed by atoms with van der Waals surface area (Å²) in [4.78, 5) is 12.8. The van der Waals surface area contributed by atoms with Gasteiger partial charge in [-0.25, -0.2) is 9.36 Å². The summed E-state index contributed by atoms with van der Waals surface area (Å²) in [7, 11) is 0. The minimum Gasteiger partial charge on any atom is -0.359 e. The molecule has 1 aliphatic rings. The Balaban J connectivity index is 1.34. The number of tetrazole rings is 1. The zero-order valence-corrected chi connectivity index (χ0v) is 16.5. The van der Waals surface area contributed by atoms with E-state index in [1.54, 1.807) is 11.6 Å². The third-order valence-corrected chi connectivity index (χ3v) is 4.94. The minimum absolute atomic E-state index is 0.249. The zero-order chi connectivity index (χ0) is 20.7. The van der Waals surface area contributed by atoms with Gasteiger partial charge in [0.15, 0.2) is 17.3 Å². The Hall–Kier alpha value is -3.89. The molecule has 1 fully saturated rings. The van der Waals surface area contributed by atoms with Gasteiger partial charge in [0.1, 0.15) is 6.54 Å². The molecule has 0 aliphatic heterocycles. The van der Waals surface area contributed by atoms with Gasteiger partial charge in [-0.05, 0) is 49.2 Å². The fraction of sp³-hybridized carbons (Fsp3) is 0.316. The summed E-state index contributed by atoms with van der Waals surface area (Å²) >= 11 is 0. The average Bonchev–Trinajstić information content (AvgIpc) is 3.13. The lowest BCUT2D eigenvalue weighted by molar-refractivity contribution is 0.102. The van der Waals surface area contributed by atoms with Gasteiger partial charge in [-0.3, -0.25) is 4.79 Å². The van der Waals surface area contributed by atoms with Crippen LogP contribution < -0.4 is 5.32 Å². The molecule has 3 aromatic heterocycles. The molecule has 0 bridgehead atoms. The highest BCUT2D eigenvalue weighted by atomic mass is 16.5.